The number of aliphatic hydroxyl groups is 1. The van der Waals surface area contributed by atoms with E-state index in [2.05, 4.69) is 5.32 Å². The normalized spacial score (nSPS) is 20.3. The second-order valence-electron chi connectivity index (χ2n) is 6.05. The van der Waals surface area contributed by atoms with Gasteiger partial charge in [-0.15, -0.1) is 0 Å². The predicted molar refractivity (Wildman–Crippen MR) is 92.1 cm³/mol. The fraction of sp³-hybridized carbons (Fsp3) is 0.588. The van der Waals surface area contributed by atoms with Crippen molar-refractivity contribution in [3.63, 3.8) is 0 Å². The van der Waals surface area contributed by atoms with Crippen LogP contribution in [-0.2, 0) is 4.79 Å². The molecule has 1 aromatic carbocycles. The van der Waals surface area contributed by atoms with E-state index in [1.807, 2.05) is 0 Å². The van der Waals surface area contributed by atoms with Gasteiger partial charge < -0.3 is 20.1 Å². The molecule has 0 spiro atoms. The summed E-state index contributed by atoms with van der Waals surface area (Å²) >= 11 is 5.98. The number of carbonyl (C=O) groups excluding carboxylic acids is 1. The number of anilines is 1. The monoisotopic (exact) mass is 340 g/mol. The summed E-state index contributed by atoms with van der Waals surface area (Å²) in [6.07, 6.45) is 3.01. The molecule has 0 heterocycles. The van der Waals surface area contributed by atoms with Crippen LogP contribution in [-0.4, -0.2) is 49.3 Å². The second-order valence-corrected chi connectivity index (χ2v) is 6.49. The lowest BCUT2D eigenvalue weighted by Gasteiger charge is -2.23. The number of benzene rings is 1. The molecule has 1 aliphatic rings. The standard InChI is InChI=1S/C17H25ClN2O3/c1-20(11-12-4-3-5-15(12)21)17(22)8-9-19-14-10-13(18)6-7-16(14)23-2/h6-7,10,12,15,19,21H,3-5,8-9,11H2,1-2H3. The van der Waals surface area contributed by atoms with Gasteiger partial charge in [0.2, 0.25) is 5.91 Å². The van der Waals surface area contributed by atoms with Crippen LogP contribution in [0.4, 0.5) is 5.69 Å². The van der Waals surface area contributed by atoms with E-state index in [9.17, 15) is 9.90 Å². The van der Waals surface area contributed by atoms with Gasteiger partial charge >= 0.3 is 0 Å². The van der Waals surface area contributed by atoms with Gasteiger partial charge in [0.1, 0.15) is 5.75 Å². The van der Waals surface area contributed by atoms with Gasteiger partial charge in [-0.25, -0.2) is 0 Å². The average Bonchev–Trinajstić information content (AvgIpc) is 2.92. The molecule has 23 heavy (non-hydrogen) atoms. The van der Waals surface area contributed by atoms with Gasteiger partial charge in [-0.1, -0.05) is 18.0 Å². The first-order valence-electron chi connectivity index (χ1n) is 8.00. The lowest BCUT2D eigenvalue weighted by atomic mass is 10.1. The number of amides is 1. The Morgan fingerprint density at radius 1 is 1.48 bits per heavy atom. The molecular formula is C17H25ClN2O3. The number of aliphatic hydroxyl groups excluding tert-OH is 1. The minimum atomic E-state index is -0.265. The maximum atomic E-state index is 12.2. The van der Waals surface area contributed by atoms with Crippen molar-refractivity contribution in [3.05, 3.63) is 23.2 Å². The molecule has 1 fully saturated rings. The van der Waals surface area contributed by atoms with Crippen molar-refractivity contribution in [2.75, 3.05) is 32.6 Å². The minimum Gasteiger partial charge on any atom is -0.495 e. The Bertz CT molecular complexity index is 539. The van der Waals surface area contributed by atoms with E-state index < -0.39 is 0 Å². The predicted octanol–water partition coefficient (Wildman–Crippen LogP) is 2.77. The smallest absolute Gasteiger partial charge is 0.224 e. The zero-order chi connectivity index (χ0) is 16.8. The molecule has 2 rings (SSSR count). The molecule has 0 aliphatic heterocycles. The summed E-state index contributed by atoms with van der Waals surface area (Å²) in [5.41, 5.74) is 0.779. The first-order valence-corrected chi connectivity index (χ1v) is 8.38. The van der Waals surface area contributed by atoms with Crippen molar-refractivity contribution < 1.29 is 14.6 Å². The lowest BCUT2D eigenvalue weighted by molar-refractivity contribution is -0.130. The van der Waals surface area contributed by atoms with Crippen LogP contribution in [0.2, 0.25) is 5.02 Å². The summed E-state index contributed by atoms with van der Waals surface area (Å²) in [7, 11) is 3.40. The highest BCUT2D eigenvalue weighted by atomic mass is 35.5. The fourth-order valence-corrected chi connectivity index (χ4v) is 3.17. The number of nitrogens with zero attached hydrogens (tertiary/aromatic N) is 1. The van der Waals surface area contributed by atoms with Crippen LogP contribution in [0, 0.1) is 5.92 Å². The van der Waals surface area contributed by atoms with Crippen LogP contribution in [0.15, 0.2) is 18.2 Å². The summed E-state index contributed by atoms with van der Waals surface area (Å²) in [6.45, 7) is 1.13. The van der Waals surface area contributed by atoms with Gasteiger partial charge in [0.15, 0.2) is 0 Å². The number of ether oxygens (including phenoxy) is 1. The van der Waals surface area contributed by atoms with Crippen molar-refractivity contribution >= 4 is 23.2 Å². The molecule has 2 N–H and O–H groups in total. The molecule has 0 aromatic heterocycles. The third-order valence-corrected chi connectivity index (χ3v) is 4.60. The number of rotatable bonds is 7. The Balaban J connectivity index is 1.79. The lowest BCUT2D eigenvalue weighted by Crippen LogP contribution is -2.35. The molecule has 1 saturated carbocycles. The Morgan fingerprint density at radius 2 is 2.26 bits per heavy atom. The SMILES string of the molecule is COc1ccc(Cl)cc1NCCC(=O)N(C)CC1CCCC1O. The minimum absolute atomic E-state index is 0.0672. The maximum Gasteiger partial charge on any atom is 0.224 e. The number of nitrogens with one attached hydrogen (secondary N) is 1. The van der Waals surface area contributed by atoms with Crippen LogP contribution in [0.25, 0.3) is 0 Å². The number of halogens is 1. The molecule has 128 valence electrons. The van der Waals surface area contributed by atoms with Gasteiger partial charge in [-0.3, -0.25) is 4.79 Å². The van der Waals surface area contributed by atoms with Crippen molar-refractivity contribution in [2.24, 2.45) is 5.92 Å². The largest absolute Gasteiger partial charge is 0.495 e. The van der Waals surface area contributed by atoms with Gasteiger partial charge in [0.05, 0.1) is 18.9 Å². The Labute approximate surface area is 142 Å². The number of methoxy groups -OCH3 is 1. The van der Waals surface area contributed by atoms with Gasteiger partial charge in [0.25, 0.3) is 0 Å². The summed E-state index contributed by atoms with van der Waals surface area (Å²) in [4.78, 5) is 13.9. The van der Waals surface area contributed by atoms with Gasteiger partial charge in [-0.2, -0.15) is 0 Å². The first-order chi connectivity index (χ1) is 11.0. The molecule has 1 aromatic rings. The summed E-state index contributed by atoms with van der Waals surface area (Å²) in [5.74, 6) is 0.979. The van der Waals surface area contributed by atoms with Crippen molar-refractivity contribution in [2.45, 2.75) is 31.8 Å². The van der Waals surface area contributed by atoms with Crippen LogP contribution >= 0.6 is 11.6 Å². The van der Waals surface area contributed by atoms with E-state index >= 15 is 0 Å². The summed E-state index contributed by atoms with van der Waals surface area (Å²) in [5, 5.41) is 13.7. The molecule has 0 radical (unpaired) electrons. The van der Waals surface area contributed by atoms with E-state index in [1.54, 1.807) is 37.3 Å². The molecule has 2 atom stereocenters. The van der Waals surface area contributed by atoms with Gasteiger partial charge in [-0.05, 0) is 31.0 Å². The fourth-order valence-electron chi connectivity index (χ4n) is 3.00. The highest BCUT2D eigenvalue weighted by molar-refractivity contribution is 6.30. The number of hydrogen-bond donors (Lipinski definition) is 2. The molecule has 2 unspecified atom stereocenters. The quantitative estimate of drug-likeness (QED) is 0.801. The van der Waals surface area contributed by atoms with E-state index in [-0.39, 0.29) is 17.9 Å². The van der Waals surface area contributed by atoms with Crippen molar-refractivity contribution in [3.8, 4) is 5.75 Å². The van der Waals surface area contributed by atoms with E-state index in [4.69, 9.17) is 16.3 Å². The molecule has 6 heteroatoms. The zero-order valence-electron chi connectivity index (χ0n) is 13.7. The molecular weight excluding hydrogens is 316 g/mol. The zero-order valence-corrected chi connectivity index (χ0v) is 14.5. The highest BCUT2D eigenvalue weighted by Crippen LogP contribution is 2.28. The third-order valence-electron chi connectivity index (χ3n) is 4.37. The summed E-state index contributed by atoms with van der Waals surface area (Å²) < 4.78 is 5.26. The topological polar surface area (TPSA) is 61.8 Å². The van der Waals surface area contributed by atoms with E-state index in [0.29, 0.717) is 30.3 Å². The van der Waals surface area contributed by atoms with E-state index in [0.717, 1.165) is 24.9 Å². The number of carbonyl (C=O) groups is 1. The average molecular weight is 341 g/mol. The summed E-state index contributed by atoms with van der Waals surface area (Å²) in [6, 6.07) is 5.33. The van der Waals surface area contributed by atoms with Crippen LogP contribution in [0.5, 0.6) is 5.75 Å². The van der Waals surface area contributed by atoms with Crippen molar-refractivity contribution in [1.29, 1.82) is 0 Å². The molecule has 1 amide bonds. The molecule has 5 nitrogen and oxygen atoms in total. The molecule has 1 aliphatic carbocycles. The van der Waals surface area contributed by atoms with Crippen LogP contribution in [0.1, 0.15) is 25.7 Å². The first kappa shape index (κ1) is 17.9. The maximum absolute atomic E-state index is 12.2. The second kappa shape index (κ2) is 8.41. The van der Waals surface area contributed by atoms with Crippen LogP contribution < -0.4 is 10.1 Å². The molecule has 0 bridgehead atoms. The van der Waals surface area contributed by atoms with Gasteiger partial charge in [0, 0.05) is 37.5 Å². The Hall–Kier alpha value is -1.46. The highest BCUT2D eigenvalue weighted by Gasteiger charge is 2.27. The van der Waals surface area contributed by atoms with Crippen LogP contribution in [0.3, 0.4) is 0 Å². The van der Waals surface area contributed by atoms with E-state index in [1.165, 1.54) is 0 Å². The Morgan fingerprint density at radius 3 is 2.91 bits per heavy atom. The van der Waals surface area contributed by atoms with Crippen molar-refractivity contribution in [1.82, 2.24) is 4.90 Å². The third kappa shape index (κ3) is 5.01. The Kier molecular flexibility index (Phi) is 6.54. The number of hydrogen-bond acceptors (Lipinski definition) is 4. The molecule has 0 saturated heterocycles.